The minimum Gasteiger partial charge on any atom is -0.300 e. The maximum atomic E-state index is 12.4. The molecule has 0 aromatic heterocycles. The molecule has 3 saturated carbocycles. The first-order valence-corrected chi connectivity index (χ1v) is 10.6. The molecular formula is C22H34F2O. The van der Waals surface area contributed by atoms with Gasteiger partial charge in [-0.1, -0.05) is 25.7 Å². The van der Waals surface area contributed by atoms with E-state index in [1.165, 1.54) is 44.6 Å². The molecular weight excluding hydrogens is 318 g/mol. The molecule has 0 aliphatic heterocycles. The molecule has 3 heteroatoms. The third-order valence-corrected chi connectivity index (χ3v) is 7.38. The van der Waals surface area contributed by atoms with Crippen molar-refractivity contribution in [2.75, 3.05) is 0 Å². The zero-order chi connectivity index (χ0) is 17.6. The Morgan fingerprint density at radius 3 is 1.76 bits per heavy atom. The van der Waals surface area contributed by atoms with Crippen LogP contribution < -0.4 is 0 Å². The number of halogens is 2. The lowest BCUT2D eigenvalue weighted by Gasteiger charge is -2.37. The Hall–Kier alpha value is -0.730. The Labute approximate surface area is 151 Å². The van der Waals surface area contributed by atoms with Crippen molar-refractivity contribution < 1.29 is 13.6 Å². The average molecular weight is 353 g/mol. The number of carbonyl (C=O) groups excluding carboxylic acids is 1. The highest BCUT2D eigenvalue weighted by Crippen LogP contribution is 2.43. The van der Waals surface area contributed by atoms with Gasteiger partial charge in [0.15, 0.2) is 0 Å². The van der Waals surface area contributed by atoms with Crippen LogP contribution in [-0.2, 0) is 4.79 Å². The topological polar surface area (TPSA) is 17.1 Å². The van der Waals surface area contributed by atoms with Crippen LogP contribution in [0, 0.1) is 29.6 Å². The van der Waals surface area contributed by atoms with Gasteiger partial charge < -0.3 is 0 Å². The Bertz CT molecular complexity index is 443. The van der Waals surface area contributed by atoms with Crippen LogP contribution in [0.5, 0.6) is 0 Å². The van der Waals surface area contributed by atoms with Gasteiger partial charge >= 0.3 is 0 Å². The van der Waals surface area contributed by atoms with E-state index in [2.05, 4.69) is 0 Å². The van der Waals surface area contributed by atoms with Crippen molar-refractivity contribution in [1.29, 1.82) is 0 Å². The highest BCUT2D eigenvalue weighted by atomic mass is 19.3. The lowest BCUT2D eigenvalue weighted by Crippen LogP contribution is -2.26. The largest absolute Gasteiger partial charge is 0.300 e. The van der Waals surface area contributed by atoms with Gasteiger partial charge in [-0.3, -0.25) is 4.79 Å². The third kappa shape index (κ3) is 5.89. The predicted molar refractivity (Wildman–Crippen MR) is 97.4 cm³/mol. The summed E-state index contributed by atoms with van der Waals surface area (Å²) in [4.78, 5) is 11.3. The molecule has 3 fully saturated rings. The van der Waals surface area contributed by atoms with Crippen molar-refractivity contribution in [3.8, 4) is 0 Å². The summed E-state index contributed by atoms with van der Waals surface area (Å²) >= 11 is 0. The zero-order valence-electron chi connectivity index (χ0n) is 15.5. The van der Waals surface area contributed by atoms with Crippen molar-refractivity contribution in [3.63, 3.8) is 0 Å². The number of ketones is 1. The van der Waals surface area contributed by atoms with E-state index in [1.807, 2.05) is 0 Å². The summed E-state index contributed by atoms with van der Waals surface area (Å²) in [6.45, 7) is 0. The monoisotopic (exact) mass is 352 g/mol. The fourth-order valence-electron chi connectivity index (χ4n) is 5.67. The van der Waals surface area contributed by atoms with Crippen molar-refractivity contribution >= 4 is 5.78 Å². The first-order valence-electron chi connectivity index (χ1n) is 10.6. The molecule has 142 valence electrons. The van der Waals surface area contributed by atoms with E-state index in [4.69, 9.17) is 0 Å². The summed E-state index contributed by atoms with van der Waals surface area (Å²) in [7, 11) is 0. The van der Waals surface area contributed by atoms with Gasteiger partial charge in [-0.05, 0) is 87.0 Å². The summed E-state index contributed by atoms with van der Waals surface area (Å²) in [5, 5.41) is 0. The molecule has 0 atom stereocenters. The molecule has 25 heavy (non-hydrogen) atoms. The van der Waals surface area contributed by atoms with Crippen molar-refractivity contribution in [3.05, 3.63) is 12.2 Å². The van der Waals surface area contributed by atoms with E-state index in [0.29, 0.717) is 5.78 Å². The summed E-state index contributed by atoms with van der Waals surface area (Å²) in [6, 6.07) is 0. The number of hydrogen-bond donors (Lipinski definition) is 0. The molecule has 0 bridgehead atoms. The molecule has 0 amide bonds. The fraction of sp³-hybridized carbons (Fsp3) is 0.864. The molecule has 0 N–H and O–H groups in total. The predicted octanol–water partition coefficient (Wildman–Crippen LogP) is 6.92. The van der Waals surface area contributed by atoms with Gasteiger partial charge in [-0.25, -0.2) is 0 Å². The van der Waals surface area contributed by atoms with E-state index in [0.717, 1.165) is 75.0 Å². The van der Waals surface area contributed by atoms with E-state index < -0.39 is 6.08 Å². The molecule has 0 aromatic carbocycles. The second-order valence-electron chi connectivity index (χ2n) is 8.97. The van der Waals surface area contributed by atoms with Crippen LogP contribution in [0.15, 0.2) is 12.2 Å². The van der Waals surface area contributed by atoms with Gasteiger partial charge in [0, 0.05) is 12.8 Å². The number of allylic oxidation sites excluding steroid dienone is 1. The van der Waals surface area contributed by atoms with Crippen molar-refractivity contribution in [2.45, 2.75) is 89.9 Å². The third-order valence-electron chi connectivity index (χ3n) is 7.38. The Morgan fingerprint density at radius 1 is 0.760 bits per heavy atom. The average Bonchev–Trinajstić information content (AvgIpc) is 2.62. The Morgan fingerprint density at radius 2 is 1.24 bits per heavy atom. The van der Waals surface area contributed by atoms with Gasteiger partial charge in [0.1, 0.15) is 5.78 Å². The molecule has 3 aliphatic rings. The minimum absolute atomic E-state index is 0.125. The van der Waals surface area contributed by atoms with E-state index in [-0.39, 0.29) is 5.92 Å². The van der Waals surface area contributed by atoms with Crippen LogP contribution in [0.4, 0.5) is 8.78 Å². The second-order valence-corrected chi connectivity index (χ2v) is 8.97. The minimum atomic E-state index is -1.49. The highest BCUT2D eigenvalue weighted by molar-refractivity contribution is 5.78. The molecule has 0 heterocycles. The maximum absolute atomic E-state index is 12.4. The van der Waals surface area contributed by atoms with Crippen LogP contribution in [0.25, 0.3) is 0 Å². The van der Waals surface area contributed by atoms with Gasteiger partial charge in [-0.15, -0.1) is 0 Å². The van der Waals surface area contributed by atoms with E-state index in [1.54, 1.807) is 0 Å². The molecule has 0 radical (unpaired) electrons. The Kier molecular flexibility index (Phi) is 7.07. The first kappa shape index (κ1) is 19.0. The SMILES string of the molecule is O=C1CCC(CCC2CCC(C3CCC(C=C(F)F)CC3)CC2)CC1. The zero-order valence-corrected chi connectivity index (χ0v) is 15.5. The van der Waals surface area contributed by atoms with Crippen LogP contribution in [-0.4, -0.2) is 5.78 Å². The molecule has 0 unspecified atom stereocenters. The highest BCUT2D eigenvalue weighted by Gasteiger charge is 2.31. The van der Waals surface area contributed by atoms with Crippen LogP contribution >= 0.6 is 0 Å². The summed E-state index contributed by atoms with van der Waals surface area (Å²) < 4.78 is 24.8. The van der Waals surface area contributed by atoms with Crippen LogP contribution in [0.1, 0.15) is 89.9 Å². The molecule has 3 rings (SSSR count). The van der Waals surface area contributed by atoms with Crippen molar-refractivity contribution in [1.82, 2.24) is 0 Å². The second kappa shape index (κ2) is 9.28. The van der Waals surface area contributed by atoms with Gasteiger partial charge in [-0.2, -0.15) is 8.78 Å². The number of rotatable bonds is 5. The van der Waals surface area contributed by atoms with E-state index >= 15 is 0 Å². The molecule has 0 aromatic rings. The number of carbonyl (C=O) groups is 1. The quantitative estimate of drug-likeness (QED) is 0.525. The first-order chi connectivity index (χ1) is 12.1. The molecule has 1 nitrogen and oxygen atoms in total. The van der Waals surface area contributed by atoms with Crippen LogP contribution in [0.2, 0.25) is 0 Å². The standard InChI is InChI=1S/C22H34F2O/c23-22(24)15-18-5-11-20(12-6-18)19-9-3-16(4-10-19)1-2-17-7-13-21(25)14-8-17/h15-20H,1-14H2. The number of hydrogen-bond acceptors (Lipinski definition) is 1. The summed E-state index contributed by atoms with van der Waals surface area (Å²) in [5.74, 6) is 3.93. The normalized spacial score (nSPS) is 34.7. The molecule has 3 aliphatic carbocycles. The summed E-state index contributed by atoms with van der Waals surface area (Å²) in [6.07, 6.45) is 16.0. The lowest BCUT2D eigenvalue weighted by molar-refractivity contribution is -0.121. The smallest absolute Gasteiger partial charge is 0.266 e. The molecule has 0 saturated heterocycles. The molecule has 0 spiro atoms. The van der Waals surface area contributed by atoms with Crippen molar-refractivity contribution in [2.24, 2.45) is 29.6 Å². The van der Waals surface area contributed by atoms with Gasteiger partial charge in [0.25, 0.3) is 6.08 Å². The number of Topliss-reactive ketones (excluding diaryl/α,β-unsaturated/α-hetero) is 1. The lowest BCUT2D eigenvalue weighted by atomic mass is 9.68. The van der Waals surface area contributed by atoms with Crippen LogP contribution in [0.3, 0.4) is 0 Å². The Balaban J connectivity index is 1.32. The van der Waals surface area contributed by atoms with E-state index in [9.17, 15) is 13.6 Å². The summed E-state index contributed by atoms with van der Waals surface area (Å²) in [5.41, 5.74) is 0. The van der Waals surface area contributed by atoms with Gasteiger partial charge in [0.2, 0.25) is 0 Å². The fourth-order valence-corrected chi connectivity index (χ4v) is 5.67. The maximum Gasteiger partial charge on any atom is 0.266 e. The van der Waals surface area contributed by atoms with Gasteiger partial charge in [0.05, 0.1) is 0 Å².